The number of phosphoric acid groups is 1. The van der Waals surface area contributed by atoms with Gasteiger partial charge in [0.25, 0.3) is 0 Å². The average molecular weight is 717 g/mol. The molecule has 1 N–H and O–H groups in total. The predicted octanol–water partition coefficient (Wildman–Crippen LogP) is 10.4. The molecule has 288 valence electrons. The first-order chi connectivity index (χ1) is 23.5. The van der Waals surface area contributed by atoms with Gasteiger partial charge in [-0.15, -0.1) is 0 Å². The minimum Gasteiger partial charge on any atom is -0.462 e. The van der Waals surface area contributed by atoms with E-state index in [0.29, 0.717) is 17.4 Å². The molecule has 0 aromatic carbocycles. The number of phosphoric ester groups is 1. The van der Waals surface area contributed by atoms with Crippen LogP contribution >= 0.6 is 7.82 Å². The van der Waals surface area contributed by atoms with Gasteiger partial charge in [0.15, 0.2) is 6.10 Å². The molecule has 0 radical (unpaired) electrons. The number of ether oxygens (including phenoxy) is 2. The maximum atomic E-state index is 12.6. The number of allylic oxidation sites excluding steroid dienone is 4. The molecule has 10 heteroatoms. The highest BCUT2D eigenvalue weighted by Crippen LogP contribution is 2.43. The molecule has 1 unspecified atom stereocenters. The Morgan fingerprint density at radius 1 is 0.612 bits per heavy atom. The molecular formula is C39H75NO8P+. The molecule has 0 aromatic rings. The van der Waals surface area contributed by atoms with E-state index in [-0.39, 0.29) is 32.0 Å². The Labute approximate surface area is 300 Å². The summed E-state index contributed by atoms with van der Waals surface area (Å²) in [7, 11) is 1.47. The Morgan fingerprint density at radius 3 is 1.55 bits per heavy atom. The summed E-state index contributed by atoms with van der Waals surface area (Å²) in [6.45, 7) is 4.35. The van der Waals surface area contributed by atoms with E-state index in [1.54, 1.807) is 0 Å². The van der Waals surface area contributed by atoms with E-state index in [1.165, 1.54) is 57.8 Å². The summed E-state index contributed by atoms with van der Waals surface area (Å²) in [4.78, 5) is 35.2. The molecular weight excluding hydrogens is 641 g/mol. The fourth-order valence-electron chi connectivity index (χ4n) is 5.06. The van der Waals surface area contributed by atoms with Crippen LogP contribution in [0.5, 0.6) is 0 Å². The van der Waals surface area contributed by atoms with Gasteiger partial charge in [-0.05, 0) is 64.2 Å². The van der Waals surface area contributed by atoms with Crippen LogP contribution in [-0.4, -0.2) is 74.9 Å². The fraction of sp³-hybridized carbons (Fsp3) is 0.846. The van der Waals surface area contributed by atoms with Crippen molar-refractivity contribution in [3.05, 3.63) is 24.3 Å². The first-order valence-corrected chi connectivity index (χ1v) is 21.1. The smallest absolute Gasteiger partial charge is 0.462 e. The number of unbranched alkanes of at least 4 members (excludes halogenated alkanes) is 17. The van der Waals surface area contributed by atoms with Crippen molar-refractivity contribution in [3.8, 4) is 0 Å². The lowest BCUT2D eigenvalue weighted by Gasteiger charge is -2.24. The second-order valence-corrected chi connectivity index (χ2v) is 15.8. The Bertz CT molecular complexity index is 902. The number of esters is 2. The summed E-state index contributed by atoms with van der Waals surface area (Å²) in [6, 6.07) is 0. The van der Waals surface area contributed by atoms with Gasteiger partial charge >= 0.3 is 19.8 Å². The Kier molecular flexibility index (Phi) is 31.4. The minimum atomic E-state index is -4.37. The van der Waals surface area contributed by atoms with Crippen molar-refractivity contribution in [2.24, 2.45) is 0 Å². The van der Waals surface area contributed by atoms with E-state index in [9.17, 15) is 19.0 Å². The highest BCUT2D eigenvalue weighted by Gasteiger charge is 2.27. The summed E-state index contributed by atoms with van der Waals surface area (Å²) in [6.07, 6.45) is 32.2. The Balaban J connectivity index is 4.46. The van der Waals surface area contributed by atoms with Crippen molar-refractivity contribution in [1.82, 2.24) is 0 Å². The second kappa shape index (κ2) is 32.4. The van der Waals surface area contributed by atoms with Crippen LogP contribution in [0.1, 0.15) is 162 Å². The average Bonchev–Trinajstić information content (AvgIpc) is 3.04. The third kappa shape index (κ3) is 36.1. The molecule has 0 saturated heterocycles. The monoisotopic (exact) mass is 717 g/mol. The zero-order chi connectivity index (χ0) is 36.5. The van der Waals surface area contributed by atoms with Crippen molar-refractivity contribution in [1.29, 1.82) is 0 Å². The molecule has 0 amide bonds. The van der Waals surface area contributed by atoms with E-state index in [2.05, 4.69) is 38.2 Å². The fourth-order valence-corrected chi connectivity index (χ4v) is 5.80. The summed E-state index contributed by atoms with van der Waals surface area (Å²) in [5, 5.41) is 0. The largest absolute Gasteiger partial charge is 0.472 e. The lowest BCUT2D eigenvalue weighted by Crippen LogP contribution is -2.37. The van der Waals surface area contributed by atoms with Crippen LogP contribution in [0.4, 0.5) is 0 Å². The number of rotatable bonds is 35. The van der Waals surface area contributed by atoms with Crippen LogP contribution < -0.4 is 0 Å². The number of carbonyl (C=O) groups excluding carboxylic acids is 2. The van der Waals surface area contributed by atoms with Gasteiger partial charge in [0.05, 0.1) is 27.7 Å². The first-order valence-electron chi connectivity index (χ1n) is 19.6. The van der Waals surface area contributed by atoms with Crippen molar-refractivity contribution in [2.45, 2.75) is 168 Å². The van der Waals surface area contributed by atoms with Crippen molar-refractivity contribution < 1.29 is 42.1 Å². The highest BCUT2D eigenvalue weighted by atomic mass is 31.2. The van der Waals surface area contributed by atoms with Gasteiger partial charge in [-0.25, -0.2) is 4.57 Å². The zero-order valence-corrected chi connectivity index (χ0v) is 33.1. The van der Waals surface area contributed by atoms with Gasteiger partial charge < -0.3 is 18.9 Å². The molecule has 2 atom stereocenters. The number of carbonyl (C=O) groups is 2. The molecule has 9 nitrogen and oxygen atoms in total. The number of quaternary nitrogens is 1. The van der Waals surface area contributed by atoms with Gasteiger partial charge in [-0.1, -0.05) is 109 Å². The van der Waals surface area contributed by atoms with Crippen LogP contribution in [0.15, 0.2) is 24.3 Å². The molecule has 0 bridgehead atoms. The lowest BCUT2D eigenvalue weighted by atomic mass is 10.1. The van der Waals surface area contributed by atoms with Crippen molar-refractivity contribution in [2.75, 3.05) is 47.5 Å². The van der Waals surface area contributed by atoms with E-state index < -0.39 is 26.5 Å². The Hall–Kier alpha value is -1.51. The molecule has 0 spiro atoms. The van der Waals surface area contributed by atoms with Gasteiger partial charge in [0, 0.05) is 12.8 Å². The highest BCUT2D eigenvalue weighted by molar-refractivity contribution is 7.47. The third-order valence-corrected chi connectivity index (χ3v) is 9.19. The summed E-state index contributed by atoms with van der Waals surface area (Å²) >= 11 is 0. The van der Waals surface area contributed by atoms with Gasteiger partial charge in [0.1, 0.15) is 19.8 Å². The maximum absolute atomic E-state index is 12.6. The maximum Gasteiger partial charge on any atom is 0.472 e. The summed E-state index contributed by atoms with van der Waals surface area (Å²) in [5.41, 5.74) is 0. The SMILES string of the molecule is CCCCC/C=C\CCCCCCCC(=O)OC[C@H](COP(=O)(O)OCC[N+](C)(C)C)OC(=O)CCCCCCC/C=C\CCCCCC. The zero-order valence-electron chi connectivity index (χ0n) is 32.2. The number of likely N-dealkylation sites (N-methyl/N-ethyl adjacent to an activating group) is 1. The number of nitrogens with zero attached hydrogens (tertiary/aromatic N) is 1. The molecule has 0 fully saturated rings. The van der Waals surface area contributed by atoms with Crippen LogP contribution in [0.3, 0.4) is 0 Å². The summed E-state index contributed by atoms with van der Waals surface area (Å²) in [5.74, 6) is -0.820. The summed E-state index contributed by atoms with van der Waals surface area (Å²) < 4.78 is 34.1. The van der Waals surface area contributed by atoms with E-state index in [1.807, 2.05) is 21.1 Å². The molecule has 49 heavy (non-hydrogen) atoms. The molecule has 0 aliphatic rings. The van der Waals surface area contributed by atoms with Crippen LogP contribution in [0, 0.1) is 0 Å². The standard InChI is InChI=1S/C39H74NO8P/c1-6-8-10-12-14-16-18-20-22-24-26-28-30-32-39(42)48-37(36-47-49(43,44)46-34-33-40(3,4)5)35-45-38(41)31-29-27-25-23-21-19-17-15-13-11-9-7-2/h15-18,37H,6-14,19-36H2,1-5H3/p+1/b17-15-,18-16-/t37-/m1/s1. The topological polar surface area (TPSA) is 108 Å². The lowest BCUT2D eigenvalue weighted by molar-refractivity contribution is -0.870. The first kappa shape index (κ1) is 47.5. The van der Waals surface area contributed by atoms with Gasteiger partial charge in [-0.2, -0.15) is 0 Å². The van der Waals surface area contributed by atoms with E-state index >= 15 is 0 Å². The normalized spacial score (nSPS) is 14.0. The van der Waals surface area contributed by atoms with Crippen LogP contribution in [0.2, 0.25) is 0 Å². The molecule has 0 rings (SSSR count). The molecule has 0 heterocycles. The van der Waals surface area contributed by atoms with E-state index in [0.717, 1.165) is 70.6 Å². The predicted molar refractivity (Wildman–Crippen MR) is 201 cm³/mol. The van der Waals surface area contributed by atoms with Gasteiger partial charge in [0.2, 0.25) is 0 Å². The van der Waals surface area contributed by atoms with E-state index in [4.69, 9.17) is 18.5 Å². The molecule has 0 aromatic heterocycles. The quantitative estimate of drug-likeness (QED) is 0.0227. The van der Waals surface area contributed by atoms with Crippen molar-refractivity contribution >= 4 is 19.8 Å². The van der Waals surface area contributed by atoms with Gasteiger partial charge in [-0.3, -0.25) is 18.6 Å². The number of hydrogen-bond acceptors (Lipinski definition) is 7. The Morgan fingerprint density at radius 2 is 1.04 bits per heavy atom. The second-order valence-electron chi connectivity index (χ2n) is 14.3. The minimum absolute atomic E-state index is 0.0296. The molecule has 0 saturated carbocycles. The number of hydrogen-bond donors (Lipinski definition) is 1. The molecule has 0 aliphatic heterocycles. The molecule has 0 aliphatic carbocycles. The van der Waals surface area contributed by atoms with Crippen molar-refractivity contribution in [3.63, 3.8) is 0 Å². The third-order valence-electron chi connectivity index (χ3n) is 8.20. The van der Waals surface area contributed by atoms with Crippen LogP contribution in [-0.2, 0) is 32.7 Å². The van der Waals surface area contributed by atoms with Crippen LogP contribution in [0.25, 0.3) is 0 Å².